The molecule has 4 nitrogen and oxygen atoms in total. The molecule has 94 valence electrons. The molecule has 0 amide bonds. The summed E-state index contributed by atoms with van der Waals surface area (Å²) in [6, 6.07) is 5.59. The molecular weight excluding hydrogens is 316 g/mol. The first-order valence-electron chi connectivity index (χ1n) is 5.47. The van der Waals surface area contributed by atoms with Gasteiger partial charge in [0.2, 0.25) is 0 Å². The van der Waals surface area contributed by atoms with Gasteiger partial charge in [0.1, 0.15) is 5.82 Å². The molecule has 0 spiro atoms. The van der Waals surface area contributed by atoms with Gasteiger partial charge in [-0.2, -0.15) is 0 Å². The molecule has 0 aliphatic carbocycles. The Bertz CT molecular complexity index is 547. The Morgan fingerprint density at radius 3 is 2.78 bits per heavy atom. The second-order valence-electron chi connectivity index (χ2n) is 3.57. The minimum Gasteiger partial charge on any atom is -0.369 e. The zero-order valence-electron chi connectivity index (χ0n) is 9.74. The summed E-state index contributed by atoms with van der Waals surface area (Å²) in [5, 5.41) is 6.95. The van der Waals surface area contributed by atoms with Crippen molar-refractivity contribution in [3.63, 3.8) is 0 Å². The second-order valence-corrected chi connectivity index (χ2v) is 4.84. The molecule has 0 atom stereocenters. The lowest BCUT2D eigenvalue weighted by atomic mass is 10.3. The zero-order chi connectivity index (χ0) is 13.0. The van der Waals surface area contributed by atoms with Gasteiger partial charge in [-0.1, -0.05) is 11.6 Å². The third kappa shape index (κ3) is 3.34. The van der Waals surface area contributed by atoms with E-state index in [4.69, 9.17) is 11.6 Å². The summed E-state index contributed by atoms with van der Waals surface area (Å²) in [5.74, 6) is 1.43. The summed E-state index contributed by atoms with van der Waals surface area (Å²) in [5.41, 5.74) is 0.897. The lowest BCUT2D eigenvalue weighted by Gasteiger charge is -2.08. The predicted molar refractivity (Wildman–Crippen MR) is 78.6 cm³/mol. The van der Waals surface area contributed by atoms with Crippen LogP contribution in [0.25, 0.3) is 0 Å². The van der Waals surface area contributed by atoms with Gasteiger partial charge in [0.15, 0.2) is 5.82 Å². The van der Waals surface area contributed by atoms with E-state index in [2.05, 4.69) is 36.5 Å². The number of hydrogen-bond donors (Lipinski definition) is 2. The summed E-state index contributed by atoms with van der Waals surface area (Å²) in [6.45, 7) is 2.82. The first kappa shape index (κ1) is 13.1. The van der Waals surface area contributed by atoms with Crippen LogP contribution in [0, 0.1) is 0 Å². The first-order valence-corrected chi connectivity index (χ1v) is 6.64. The van der Waals surface area contributed by atoms with Crippen LogP contribution in [0.15, 0.2) is 35.1 Å². The van der Waals surface area contributed by atoms with Crippen molar-refractivity contribution in [2.45, 2.75) is 6.92 Å². The van der Waals surface area contributed by atoms with Crippen LogP contribution in [-0.2, 0) is 0 Å². The van der Waals surface area contributed by atoms with E-state index >= 15 is 0 Å². The fourth-order valence-corrected chi connectivity index (χ4v) is 1.91. The van der Waals surface area contributed by atoms with Crippen LogP contribution in [0.3, 0.4) is 0 Å². The zero-order valence-corrected chi connectivity index (χ0v) is 12.1. The normalized spacial score (nSPS) is 10.2. The van der Waals surface area contributed by atoms with Gasteiger partial charge in [-0.05, 0) is 41.1 Å². The Morgan fingerprint density at radius 2 is 2.06 bits per heavy atom. The molecule has 0 saturated heterocycles. The molecular formula is C12H12BrClN4. The quantitative estimate of drug-likeness (QED) is 0.889. The number of anilines is 3. The number of benzene rings is 1. The molecule has 1 aromatic heterocycles. The standard InChI is InChI=1S/C12H12BrClN4/c1-2-16-11-6-15-7-12(18-11)17-8-3-4-10(14)9(13)5-8/h3-7H,2H2,1H3,(H2,16,17,18). The highest BCUT2D eigenvalue weighted by atomic mass is 79.9. The number of nitrogens with zero attached hydrogens (tertiary/aromatic N) is 2. The Hall–Kier alpha value is -1.33. The molecule has 6 heteroatoms. The van der Waals surface area contributed by atoms with Crippen LogP contribution in [0.2, 0.25) is 5.02 Å². The average molecular weight is 328 g/mol. The third-order valence-electron chi connectivity index (χ3n) is 2.18. The summed E-state index contributed by atoms with van der Waals surface area (Å²) in [4.78, 5) is 8.49. The van der Waals surface area contributed by atoms with Gasteiger partial charge in [-0.25, -0.2) is 4.98 Å². The van der Waals surface area contributed by atoms with Crippen molar-refractivity contribution in [2.24, 2.45) is 0 Å². The molecule has 1 heterocycles. The number of rotatable bonds is 4. The van der Waals surface area contributed by atoms with E-state index in [0.29, 0.717) is 10.8 Å². The topological polar surface area (TPSA) is 49.8 Å². The predicted octanol–water partition coefficient (Wildman–Crippen LogP) is 4.07. The molecule has 0 bridgehead atoms. The summed E-state index contributed by atoms with van der Waals surface area (Å²) >= 11 is 9.32. The maximum atomic E-state index is 5.94. The molecule has 18 heavy (non-hydrogen) atoms. The van der Waals surface area contributed by atoms with Crippen LogP contribution >= 0.6 is 27.5 Å². The van der Waals surface area contributed by atoms with Crippen LogP contribution < -0.4 is 10.6 Å². The van der Waals surface area contributed by atoms with Crippen molar-refractivity contribution >= 4 is 44.9 Å². The number of nitrogens with one attached hydrogen (secondary N) is 2. The molecule has 2 aromatic rings. The third-order valence-corrected chi connectivity index (χ3v) is 3.40. The summed E-state index contributed by atoms with van der Waals surface area (Å²) in [7, 11) is 0. The summed E-state index contributed by atoms with van der Waals surface area (Å²) < 4.78 is 0.838. The van der Waals surface area contributed by atoms with E-state index in [0.717, 1.165) is 22.5 Å². The lowest BCUT2D eigenvalue weighted by molar-refractivity contribution is 1.12. The highest BCUT2D eigenvalue weighted by Gasteiger charge is 2.01. The van der Waals surface area contributed by atoms with E-state index in [-0.39, 0.29) is 0 Å². The fraction of sp³-hybridized carbons (Fsp3) is 0.167. The molecule has 0 fully saturated rings. The van der Waals surface area contributed by atoms with Crippen LogP contribution in [0.4, 0.5) is 17.3 Å². The number of halogens is 2. The van der Waals surface area contributed by atoms with Crippen LogP contribution in [0.1, 0.15) is 6.92 Å². The van der Waals surface area contributed by atoms with Crippen LogP contribution in [0.5, 0.6) is 0 Å². The second kappa shape index (κ2) is 6.02. The molecule has 0 radical (unpaired) electrons. The van der Waals surface area contributed by atoms with Gasteiger partial charge >= 0.3 is 0 Å². The fourth-order valence-electron chi connectivity index (χ4n) is 1.41. The largest absolute Gasteiger partial charge is 0.369 e. The first-order chi connectivity index (χ1) is 8.69. The molecule has 2 rings (SSSR count). The Labute approximate surface area is 119 Å². The van der Waals surface area contributed by atoms with Crippen molar-refractivity contribution in [2.75, 3.05) is 17.2 Å². The van der Waals surface area contributed by atoms with E-state index in [1.165, 1.54) is 0 Å². The van der Waals surface area contributed by atoms with Crippen molar-refractivity contribution < 1.29 is 0 Å². The van der Waals surface area contributed by atoms with Crippen molar-refractivity contribution in [3.8, 4) is 0 Å². The molecule has 0 aliphatic heterocycles. The Kier molecular flexibility index (Phi) is 4.38. The van der Waals surface area contributed by atoms with Gasteiger partial charge in [0, 0.05) is 16.7 Å². The minimum absolute atomic E-state index is 0.674. The SMILES string of the molecule is CCNc1cncc(Nc2ccc(Cl)c(Br)c2)n1. The smallest absolute Gasteiger partial charge is 0.151 e. The van der Waals surface area contributed by atoms with Crippen molar-refractivity contribution in [1.82, 2.24) is 9.97 Å². The molecule has 0 aliphatic rings. The van der Waals surface area contributed by atoms with Crippen molar-refractivity contribution in [1.29, 1.82) is 0 Å². The van der Waals surface area contributed by atoms with Crippen LogP contribution in [-0.4, -0.2) is 16.5 Å². The minimum atomic E-state index is 0.674. The highest BCUT2D eigenvalue weighted by Crippen LogP contribution is 2.26. The Morgan fingerprint density at radius 1 is 1.28 bits per heavy atom. The van der Waals surface area contributed by atoms with E-state index in [1.807, 2.05) is 25.1 Å². The maximum Gasteiger partial charge on any atom is 0.151 e. The molecule has 0 unspecified atom stereocenters. The monoisotopic (exact) mass is 326 g/mol. The van der Waals surface area contributed by atoms with Gasteiger partial charge in [-0.3, -0.25) is 4.98 Å². The van der Waals surface area contributed by atoms with E-state index in [1.54, 1.807) is 12.4 Å². The number of hydrogen-bond acceptors (Lipinski definition) is 4. The lowest BCUT2D eigenvalue weighted by Crippen LogP contribution is -2.02. The van der Waals surface area contributed by atoms with E-state index in [9.17, 15) is 0 Å². The van der Waals surface area contributed by atoms with E-state index < -0.39 is 0 Å². The van der Waals surface area contributed by atoms with Gasteiger partial charge < -0.3 is 10.6 Å². The van der Waals surface area contributed by atoms with Crippen molar-refractivity contribution in [3.05, 3.63) is 40.1 Å². The van der Waals surface area contributed by atoms with Gasteiger partial charge in [0.25, 0.3) is 0 Å². The van der Waals surface area contributed by atoms with Gasteiger partial charge in [-0.15, -0.1) is 0 Å². The Balaban J connectivity index is 2.17. The van der Waals surface area contributed by atoms with Gasteiger partial charge in [0.05, 0.1) is 17.4 Å². The molecule has 1 aromatic carbocycles. The summed E-state index contributed by atoms with van der Waals surface area (Å²) in [6.07, 6.45) is 3.36. The molecule has 2 N–H and O–H groups in total. The number of aromatic nitrogens is 2. The average Bonchev–Trinajstić information content (AvgIpc) is 2.35. The molecule has 0 saturated carbocycles. The maximum absolute atomic E-state index is 5.94. The highest BCUT2D eigenvalue weighted by molar-refractivity contribution is 9.10.